The molecule has 14 heavy (non-hydrogen) atoms. The van der Waals surface area contributed by atoms with Crippen LogP contribution in [0.15, 0.2) is 6.20 Å². The van der Waals surface area contributed by atoms with E-state index in [9.17, 15) is 0 Å². The minimum Gasteiger partial charge on any atom is -0.259 e. The molecule has 0 radical (unpaired) electrons. The molecule has 0 spiro atoms. The van der Waals surface area contributed by atoms with Gasteiger partial charge in [-0.3, -0.25) is 4.98 Å². The maximum atomic E-state index is 4.53. The summed E-state index contributed by atoms with van der Waals surface area (Å²) in [6.07, 6.45) is 1.85. The van der Waals surface area contributed by atoms with Gasteiger partial charge in [0.2, 0.25) is 0 Å². The number of fused-ring (bicyclic) bond motifs is 1. The Morgan fingerprint density at radius 1 is 0.786 bits per heavy atom. The zero-order valence-electron chi connectivity index (χ0n) is 8.92. The molecular weight excluding hydrogens is 174 g/mol. The van der Waals surface area contributed by atoms with E-state index in [0.717, 1.165) is 33.7 Å². The van der Waals surface area contributed by atoms with Gasteiger partial charge in [-0.05, 0) is 33.3 Å². The molecule has 0 aromatic carbocycles. The van der Waals surface area contributed by atoms with E-state index in [1.54, 1.807) is 0 Å². The average molecular weight is 187 g/mol. The summed E-state index contributed by atoms with van der Waals surface area (Å²) < 4.78 is 0. The Bertz CT molecular complexity index is 457. The van der Waals surface area contributed by atoms with Gasteiger partial charge >= 0.3 is 0 Å². The number of hydrogen-bond donors (Lipinski definition) is 0. The van der Waals surface area contributed by atoms with Crippen LogP contribution >= 0.6 is 0 Å². The first-order valence-corrected chi connectivity index (χ1v) is 4.66. The van der Waals surface area contributed by atoms with E-state index >= 15 is 0 Å². The zero-order chi connectivity index (χ0) is 10.3. The Labute approximate surface area is 83.2 Å². The highest BCUT2D eigenvalue weighted by Crippen LogP contribution is 2.17. The van der Waals surface area contributed by atoms with Crippen LogP contribution in [0.3, 0.4) is 0 Å². The summed E-state index contributed by atoms with van der Waals surface area (Å²) >= 11 is 0. The smallest absolute Gasteiger partial charge is 0.110 e. The minimum atomic E-state index is 0.924. The molecule has 2 aromatic rings. The van der Waals surface area contributed by atoms with E-state index in [-0.39, 0.29) is 0 Å². The molecule has 0 bridgehead atoms. The first kappa shape index (κ1) is 9.06. The van der Waals surface area contributed by atoms with Crippen molar-refractivity contribution >= 4 is 11.0 Å². The van der Waals surface area contributed by atoms with Crippen LogP contribution in [0.25, 0.3) is 11.0 Å². The Hall–Kier alpha value is -1.51. The van der Waals surface area contributed by atoms with Crippen molar-refractivity contribution in [2.24, 2.45) is 0 Å². The lowest BCUT2D eigenvalue weighted by Gasteiger charge is -2.06. The van der Waals surface area contributed by atoms with Crippen LogP contribution in [0, 0.1) is 27.7 Å². The van der Waals surface area contributed by atoms with Gasteiger partial charge in [0.1, 0.15) is 5.52 Å². The largest absolute Gasteiger partial charge is 0.259 e. The van der Waals surface area contributed by atoms with Gasteiger partial charge in [-0.2, -0.15) is 0 Å². The quantitative estimate of drug-likeness (QED) is 0.635. The van der Waals surface area contributed by atoms with Crippen LogP contribution < -0.4 is 0 Å². The first-order valence-electron chi connectivity index (χ1n) is 4.66. The van der Waals surface area contributed by atoms with Gasteiger partial charge in [0, 0.05) is 6.20 Å². The van der Waals surface area contributed by atoms with E-state index in [0.29, 0.717) is 0 Å². The van der Waals surface area contributed by atoms with Crippen LogP contribution in [0.2, 0.25) is 0 Å². The van der Waals surface area contributed by atoms with E-state index in [2.05, 4.69) is 15.0 Å². The Morgan fingerprint density at radius 3 is 2.00 bits per heavy atom. The molecule has 0 unspecified atom stereocenters. The maximum absolute atomic E-state index is 4.53. The van der Waals surface area contributed by atoms with Gasteiger partial charge < -0.3 is 0 Å². The summed E-state index contributed by atoms with van der Waals surface area (Å²) in [6.45, 7) is 7.93. The van der Waals surface area contributed by atoms with Gasteiger partial charge in [-0.25, -0.2) is 9.97 Å². The van der Waals surface area contributed by atoms with Gasteiger partial charge in [-0.1, -0.05) is 0 Å². The van der Waals surface area contributed by atoms with Crippen molar-refractivity contribution in [2.45, 2.75) is 27.7 Å². The van der Waals surface area contributed by atoms with Gasteiger partial charge in [0.15, 0.2) is 0 Å². The fourth-order valence-electron chi connectivity index (χ4n) is 1.45. The highest BCUT2D eigenvalue weighted by atomic mass is 14.9. The Morgan fingerprint density at radius 2 is 1.36 bits per heavy atom. The summed E-state index contributed by atoms with van der Waals surface area (Å²) in [5, 5.41) is 0. The van der Waals surface area contributed by atoms with Crippen molar-refractivity contribution in [1.29, 1.82) is 0 Å². The highest BCUT2D eigenvalue weighted by Gasteiger charge is 2.06. The summed E-state index contributed by atoms with van der Waals surface area (Å²) in [6, 6.07) is 0. The number of rotatable bonds is 0. The summed E-state index contributed by atoms with van der Waals surface area (Å²) in [5.41, 5.74) is 5.90. The molecule has 3 heteroatoms. The first-order chi connectivity index (χ1) is 6.59. The normalized spacial score (nSPS) is 10.9. The molecule has 72 valence electrons. The monoisotopic (exact) mass is 187 g/mol. The fraction of sp³-hybridized carbons (Fsp3) is 0.364. The summed E-state index contributed by atoms with van der Waals surface area (Å²) in [5.74, 6) is 0. The second-order valence-corrected chi connectivity index (χ2v) is 3.62. The van der Waals surface area contributed by atoms with E-state index in [1.807, 2.05) is 33.9 Å². The minimum absolute atomic E-state index is 0.924. The molecule has 0 aliphatic carbocycles. The molecule has 0 saturated heterocycles. The summed E-state index contributed by atoms with van der Waals surface area (Å²) in [4.78, 5) is 13.3. The van der Waals surface area contributed by atoms with E-state index in [4.69, 9.17) is 0 Å². The third-order valence-corrected chi connectivity index (χ3v) is 2.48. The fourth-order valence-corrected chi connectivity index (χ4v) is 1.45. The standard InChI is InChI=1S/C11H13N3/c1-6-5-12-9(4)11-10(6)13-7(2)8(3)14-11/h5H,1-4H3. The molecule has 0 saturated carbocycles. The van der Waals surface area contributed by atoms with Gasteiger partial charge in [0.25, 0.3) is 0 Å². The molecule has 0 N–H and O–H groups in total. The van der Waals surface area contributed by atoms with Crippen molar-refractivity contribution in [3.63, 3.8) is 0 Å². The van der Waals surface area contributed by atoms with Crippen LogP contribution in [-0.4, -0.2) is 15.0 Å². The lowest BCUT2D eigenvalue weighted by molar-refractivity contribution is 1.07. The molecule has 0 aliphatic heterocycles. The number of aryl methyl sites for hydroxylation is 4. The third kappa shape index (κ3) is 1.25. The molecule has 2 heterocycles. The van der Waals surface area contributed by atoms with Gasteiger partial charge in [-0.15, -0.1) is 0 Å². The lowest BCUT2D eigenvalue weighted by Crippen LogP contribution is -1.98. The number of pyridine rings is 1. The lowest BCUT2D eigenvalue weighted by atomic mass is 10.2. The molecule has 2 rings (SSSR count). The third-order valence-electron chi connectivity index (χ3n) is 2.48. The molecule has 3 nitrogen and oxygen atoms in total. The molecule has 0 aliphatic rings. The SMILES string of the molecule is Cc1nc2c(C)cnc(C)c2nc1C. The van der Waals surface area contributed by atoms with Crippen molar-refractivity contribution < 1.29 is 0 Å². The van der Waals surface area contributed by atoms with Crippen molar-refractivity contribution in [1.82, 2.24) is 15.0 Å². The average Bonchev–Trinajstić information content (AvgIpc) is 2.15. The Kier molecular flexibility index (Phi) is 1.95. The number of nitrogens with zero attached hydrogens (tertiary/aromatic N) is 3. The summed E-state index contributed by atoms with van der Waals surface area (Å²) in [7, 11) is 0. The molecule has 0 fully saturated rings. The van der Waals surface area contributed by atoms with Crippen molar-refractivity contribution in [3.8, 4) is 0 Å². The van der Waals surface area contributed by atoms with Crippen molar-refractivity contribution in [3.05, 3.63) is 28.8 Å². The van der Waals surface area contributed by atoms with Crippen molar-refractivity contribution in [2.75, 3.05) is 0 Å². The van der Waals surface area contributed by atoms with Crippen LogP contribution in [0.1, 0.15) is 22.6 Å². The predicted molar refractivity (Wildman–Crippen MR) is 56.3 cm³/mol. The van der Waals surface area contributed by atoms with Crippen LogP contribution in [0.5, 0.6) is 0 Å². The highest BCUT2D eigenvalue weighted by molar-refractivity contribution is 5.79. The van der Waals surface area contributed by atoms with E-state index in [1.165, 1.54) is 0 Å². The van der Waals surface area contributed by atoms with E-state index < -0.39 is 0 Å². The zero-order valence-corrected chi connectivity index (χ0v) is 8.92. The van der Waals surface area contributed by atoms with Gasteiger partial charge in [0.05, 0.1) is 22.6 Å². The second-order valence-electron chi connectivity index (χ2n) is 3.62. The molecule has 0 atom stereocenters. The molecular formula is C11H13N3. The Balaban J connectivity index is 2.94. The molecule has 2 aromatic heterocycles. The number of hydrogen-bond acceptors (Lipinski definition) is 3. The maximum Gasteiger partial charge on any atom is 0.110 e. The van der Waals surface area contributed by atoms with Crippen LogP contribution in [0.4, 0.5) is 0 Å². The second kappa shape index (κ2) is 3.01. The predicted octanol–water partition coefficient (Wildman–Crippen LogP) is 2.26. The van der Waals surface area contributed by atoms with Crippen LogP contribution in [-0.2, 0) is 0 Å². The molecule has 0 amide bonds. The number of aromatic nitrogens is 3. The topological polar surface area (TPSA) is 38.7 Å².